The lowest BCUT2D eigenvalue weighted by atomic mass is 10.1. The first kappa shape index (κ1) is 21.0. The van der Waals surface area contributed by atoms with Gasteiger partial charge in [0.25, 0.3) is 0 Å². The Morgan fingerprint density at radius 1 is 1.15 bits per heavy atom. The van der Waals surface area contributed by atoms with Crippen molar-refractivity contribution in [2.45, 2.75) is 11.4 Å². The van der Waals surface area contributed by atoms with Gasteiger partial charge >= 0.3 is 0 Å². The van der Waals surface area contributed by atoms with Crippen LogP contribution in [-0.2, 0) is 16.4 Å². The summed E-state index contributed by atoms with van der Waals surface area (Å²) in [5.41, 5.74) is 4.18. The van der Waals surface area contributed by atoms with Crippen molar-refractivity contribution in [1.82, 2.24) is 34.7 Å². The van der Waals surface area contributed by atoms with E-state index in [2.05, 4.69) is 20.4 Å². The van der Waals surface area contributed by atoms with Gasteiger partial charge in [0.1, 0.15) is 11.4 Å². The Balaban J connectivity index is 1.78. The summed E-state index contributed by atoms with van der Waals surface area (Å²) in [6, 6.07) is 8.44. The van der Waals surface area contributed by atoms with E-state index < -0.39 is 9.84 Å². The van der Waals surface area contributed by atoms with Crippen molar-refractivity contribution in [3.63, 3.8) is 0 Å². The van der Waals surface area contributed by atoms with Crippen LogP contribution in [0, 0.1) is 0 Å². The number of nitrogens with one attached hydrogen (secondary N) is 1. The van der Waals surface area contributed by atoms with E-state index in [1.807, 2.05) is 19.3 Å². The summed E-state index contributed by atoms with van der Waals surface area (Å²) in [5, 5.41) is 13.1. The number of benzene rings is 1. The van der Waals surface area contributed by atoms with Crippen LogP contribution in [-0.4, -0.2) is 58.2 Å². The molecule has 168 valence electrons. The summed E-state index contributed by atoms with van der Waals surface area (Å²) in [4.78, 5) is 9.25. The number of fused-ring (bicyclic) bond motifs is 2. The Kier molecular flexibility index (Phi) is 5.06. The molecular formula is C22H21N7O3S. The molecule has 5 rings (SSSR count). The molecule has 10 nitrogen and oxygen atoms in total. The number of hydrogen-bond donors (Lipinski definition) is 1. The zero-order valence-electron chi connectivity index (χ0n) is 18.2. The SMILES string of the molecule is CNCc1nn(-c2cc(S(C)(=O)=O)ccc2OC)c2cc(-c3cnn4cccnc34)ncc12. The third-order valence-corrected chi connectivity index (χ3v) is 6.46. The fraction of sp³-hybridized carbons (Fsp3) is 0.182. The van der Waals surface area contributed by atoms with Gasteiger partial charge in [0, 0.05) is 36.8 Å². The highest BCUT2D eigenvalue weighted by molar-refractivity contribution is 7.90. The van der Waals surface area contributed by atoms with E-state index in [9.17, 15) is 8.42 Å². The summed E-state index contributed by atoms with van der Waals surface area (Å²) in [7, 11) is -0.0496. The largest absolute Gasteiger partial charge is 0.494 e. The molecule has 0 atom stereocenters. The molecule has 1 aromatic carbocycles. The van der Waals surface area contributed by atoms with Crippen molar-refractivity contribution in [3.8, 4) is 22.7 Å². The van der Waals surface area contributed by atoms with Gasteiger partial charge in [0.15, 0.2) is 15.5 Å². The maximum atomic E-state index is 12.2. The maximum Gasteiger partial charge on any atom is 0.175 e. The van der Waals surface area contributed by atoms with Crippen molar-refractivity contribution in [1.29, 1.82) is 0 Å². The van der Waals surface area contributed by atoms with Gasteiger partial charge in [-0.1, -0.05) is 0 Å². The Morgan fingerprint density at radius 3 is 2.76 bits per heavy atom. The number of ether oxygens (including phenoxy) is 1. The van der Waals surface area contributed by atoms with Gasteiger partial charge in [-0.15, -0.1) is 0 Å². The van der Waals surface area contributed by atoms with E-state index in [1.165, 1.54) is 19.4 Å². The van der Waals surface area contributed by atoms with Gasteiger partial charge < -0.3 is 10.1 Å². The first-order valence-electron chi connectivity index (χ1n) is 10.1. The van der Waals surface area contributed by atoms with Gasteiger partial charge in [-0.05, 0) is 37.4 Å². The highest BCUT2D eigenvalue weighted by Crippen LogP contribution is 2.32. The van der Waals surface area contributed by atoms with Gasteiger partial charge in [-0.25, -0.2) is 22.6 Å². The molecule has 0 spiro atoms. The minimum absolute atomic E-state index is 0.179. The molecule has 0 unspecified atom stereocenters. The lowest BCUT2D eigenvalue weighted by Gasteiger charge is -2.11. The Bertz CT molecular complexity index is 1610. The lowest BCUT2D eigenvalue weighted by molar-refractivity contribution is 0.411. The van der Waals surface area contributed by atoms with Crippen molar-refractivity contribution in [2.24, 2.45) is 0 Å². The molecule has 0 aliphatic carbocycles. The molecule has 0 saturated heterocycles. The molecule has 4 aromatic heterocycles. The maximum absolute atomic E-state index is 12.2. The fourth-order valence-corrected chi connectivity index (χ4v) is 4.41. The van der Waals surface area contributed by atoms with Crippen molar-refractivity contribution < 1.29 is 13.2 Å². The predicted molar refractivity (Wildman–Crippen MR) is 123 cm³/mol. The molecule has 0 saturated carbocycles. The Labute approximate surface area is 189 Å². The third kappa shape index (κ3) is 3.60. The van der Waals surface area contributed by atoms with E-state index in [0.717, 1.165) is 22.2 Å². The number of nitrogens with zero attached hydrogens (tertiary/aromatic N) is 6. The standard InChI is InChI=1S/C22H21N7O3S/c1-23-13-18-15-11-25-17(16-12-26-28-8-4-7-24-22(16)28)10-19(15)29(27-18)20-9-14(33(3,30)31)5-6-21(20)32-2/h4-12,23H,13H2,1-3H3. The number of pyridine rings is 1. The molecule has 0 aliphatic heterocycles. The molecule has 0 bridgehead atoms. The van der Waals surface area contributed by atoms with E-state index in [-0.39, 0.29) is 4.90 Å². The Morgan fingerprint density at radius 2 is 2.00 bits per heavy atom. The van der Waals surface area contributed by atoms with Crippen LogP contribution in [0.2, 0.25) is 0 Å². The normalized spacial score (nSPS) is 12.0. The summed E-state index contributed by atoms with van der Waals surface area (Å²) < 4.78 is 33.3. The summed E-state index contributed by atoms with van der Waals surface area (Å²) in [5.74, 6) is 0.499. The monoisotopic (exact) mass is 463 g/mol. The minimum Gasteiger partial charge on any atom is -0.494 e. The summed E-state index contributed by atoms with van der Waals surface area (Å²) in [6.45, 7) is 0.511. The topological polar surface area (TPSA) is 116 Å². The van der Waals surface area contributed by atoms with Crippen LogP contribution in [0.3, 0.4) is 0 Å². The molecule has 0 amide bonds. The highest BCUT2D eigenvalue weighted by Gasteiger charge is 2.20. The average molecular weight is 464 g/mol. The van der Waals surface area contributed by atoms with E-state index in [4.69, 9.17) is 9.84 Å². The number of rotatable bonds is 6. The van der Waals surface area contributed by atoms with E-state index >= 15 is 0 Å². The van der Waals surface area contributed by atoms with Gasteiger partial charge in [0.2, 0.25) is 0 Å². The van der Waals surface area contributed by atoms with Crippen LogP contribution < -0.4 is 10.1 Å². The van der Waals surface area contributed by atoms with Gasteiger partial charge in [0.05, 0.1) is 40.7 Å². The van der Waals surface area contributed by atoms with E-state index in [1.54, 1.807) is 46.0 Å². The summed E-state index contributed by atoms with van der Waals surface area (Å²) in [6.07, 6.45) is 8.18. The van der Waals surface area contributed by atoms with Crippen LogP contribution in [0.4, 0.5) is 0 Å². The van der Waals surface area contributed by atoms with Gasteiger partial charge in [-0.2, -0.15) is 10.2 Å². The molecule has 5 aromatic rings. The lowest BCUT2D eigenvalue weighted by Crippen LogP contribution is -2.07. The van der Waals surface area contributed by atoms with Crippen LogP contribution >= 0.6 is 0 Å². The minimum atomic E-state index is -3.42. The fourth-order valence-electron chi connectivity index (χ4n) is 3.77. The van der Waals surface area contributed by atoms with Crippen LogP contribution in [0.25, 0.3) is 33.5 Å². The number of sulfone groups is 1. The predicted octanol–water partition coefficient (Wildman–Crippen LogP) is 2.26. The zero-order chi connectivity index (χ0) is 23.2. The smallest absolute Gasteiger partial charge is 0.175 e. The van der Waals surface area contributed by atoms with E-state index in [0.29, 0.717) is 29.3 Å². The number of methoxy groups -OCH3 is 1. The van der Waals surface area contributed by atoms with Crippen LogP contribution in [0.5, 0.6) is 5.75 Å². The second-order valence-electron chi connectivity index (χ2n) is 7.53. The number of hydrogen-bond acceptors (Lipinski definition) is 8. The third-order valence-electron chi connectivity index (χ3n) is 5.35. The van der Waals surface area contributed by atoms with Crippen molar-refractivity contribution in [3.05, 3.63) is 60.8 Å². The summed E-state index contributed by atoms with van der Waals surface area (Å²) >= 11 is 0. The average Bonchev–Trinajstić information content (AvgIpc) is 3.40. The molecule has 0 aliphatic rings. The second kappa shape index (κ2) is 7.94. The van der Waals surface area contributed by atoms with Crippen molar-refractivity contribution in [2.75, 3.05) is 20.4 Å². The molecule has 4 heterocycles. The van der Waals surface area contributed by atoms with Crippen LogP contribution in [0.1, 0.15) is 5.69 Å². The van der Waals surface area contributed by atoms with Gasteiger partial charge in [-0.3, -0.25) is 4.98 Å². The first-order valence-corrected chi connectivity index (χ1v) is 12.0. The number of aromatic nitrogens is 6. The molecular weight excluding hydrogens is 442 g/mol. The molecule has 11 heteroatoms. The Hall–Kier alpha value is -3.83. The molecule has 0 fully saturated rings. The van der Waals surface area contributed by atoms with Crippen LogP contribution in [0.15, 0.2) is 60.0 Å². The molecule has 1 N–H and O–H groups in total. The first-order chi connectivity index (χ1) is 15.9. The second-order valence-corrected chi connectivity index (χ2v) is 9.54. The quantitative estimate of drug-likeness (QED) is 0.408. The van der Waals surface area contributed by atoms with Crippen molar-refractivity contribution >= 4 is 26.4 Å². The molecule has 33 heavy (non-hydrogen) atoms. The molecule has 0 radical (unpaired) electrons. The zero-order valence-corrected chi connectivity index (χ0v) is 19.0. The highest BCUT2D eigenvalue weighted by atomic mass is 32.2.